The number of hydrogen-bond donors (Lipinski definition) is 1. The Hall–Kier alpha value is -1.57. The molecule has 0 aliphatic carbocycles. The van der Waals surface area contributed by atoms with Gasteiger partial charge in [0.1, 0.15) is 0 Å². The van der Waals surface area contributed by atoms with Gasteiger partial charge in [-0.2, -0.15) is 0 Å². The van der Waals surface area contributed by atoms with Gasteiger partial charge >= 0.3 is 0 Å². The van der Waals surface area contributed by atoms with Gasteiger partial charge < -0.3 is 5.11 Å². The highest BCUT2D eigenvalue weighted by atomic mass is 35.5. The lowest BCUT2D eigenvalue weighted by Crippen LogP contribution is -1.95. The van der Waals surface area contributed by atoms with Crippen molar-refractivity contribution in [1.29, 1.82) is 0 Å². The van der Waals surface area contributed by atoms with Gasteiger partial charge in [-0.3, -0.25) is 0 Å². The zero-order valence-electron chi connectivity index (χ0n) is 10.7. The molecule has 0 bridgehead atoms. The van der Waals surface area contributed by atoms with Crippen LogP contribution in [0.4, 0.5) is 0 Å². The summed E-state index contributed by atoms with van der Waals surface area (Å²) in [5, 5.41) is 10.7. The summed E-state index contributed by atoms with van der Waals surface area (Å²) in [6.07, 6.45) is 5.31. The molecule has 2 heteroatoms. The maximum absolute atomic E-state index is 10.0. The van der Waals surface area contributed by atoms with E-state index < -0.39 is 6.10 Å². The summed E-state index contributed by atoms with van der Waals surface area (Å²) in [4.78, 5) is 0. The van der Waals surface area contributed by atoms with Crippen molar-refractivity contribution in [3.63, 3.8) is 0 Å². The van der Waals surface area contributed by atoms with E-state index in [1.54, 1.807) is 0 Å². The molecule has 0 aliphatic rings. The third-order valence-corrected chi connectivity index (χ3v) is 3.22. The van der Waals surface area contributed by atoms with Gasteiger partial charge in [-0.25, -0.2) is 0 Å². The molecule has 2 rings (SSSR count). The van der Waals surface area contributed by atoms with Crippen molar-refractivity contribution in [2.45, 2.75) is 18.9 Å². The normalized spacial score (nSPS) is 12.7. The third kappa shape index (κ3) is 4.55. The zero-order chi connectivity index (χ0) is 13.5. The van der Waals surface area contributed by atoms with Gasteiger partial charge in [0.15, 0.2) is 0 Å². The number of hydrogen-bond acceptors (Lipinski definition) is 1. The van der Waals surface area contributed by atoms with E-state index in [-0.39, 0.29) is 0 Å². The van der Waals surface area contributed by atoms with E-state index in [0.717, 1.165) is 29.0 Å². The van der Waals surface area contributed by atoms with Crippen molar-refractivity contribution < 1.29 is 5.11 Å². The van der Waals surface area contributed by atoms with Crippen LogP contribution in [0, 0.1) is 0 Å². The summed E-state index contributed by atoms with van der Waals surface area (Å²) in [5.41, 5.74) is 2.10. The van der Waals surface area contributed by atoms with Crippen LogP contribution in [0.25, 0.3) is 6.08 Å². The Morgan fingerprint density at radius 3 is 2.37 bits per heavy atom. The molecular formula is C17H17ClO. The van der Waals surface area contributed by atoms with Crippen LogP contribution in [0.1, 0.15) is 30.1 Å². The summed E-state index contributed by atoms with van der Waals surface area (Å²) >= 11 is 5.83. The summed E-state index contributed by atoms with van der Waals surface area (Å²) in [6.45, 7) is 0. The SMILES string of the molecule is OC(CC/C=C/c1ccc(Cl)cc1)c1ccccc1. The second-order valence-electron chi connectivity index (χ2n) is 4.46. The second-order valence-corrected chi connectivity index (χ2v) is 4.89. The molecular weight excluding hydrogens is 256 g/mol. The molecule has 2 aromatic carbocycles. The largest absolute Gasteiger partial charge is 0.388 e. The Kier molecular flexibility index (Phi) is 5.20. The molecule has 0 aromatic heterocycles. The van der Waals surface area contributed by atoms with Crippen molar-refractivity contribution in [3.05, 3.63) is 76.8 Å². The van der Waals surface area contributed by atoms with E-state index in [1.807, 2.05) is 60.7 Å². The van der Waals surface area contributed by atoms with Crippen LogP contribution in [0.15, 0.2) is 60.7 Å². The van der Waals surface area contributed by atoms with Gasteiger partial charge in [0.2, 0.25) is 0 Å². The lowest BCUT2D eigenvalue weighted by atomic mass is 10.0. The number of allylic oxidation sites excluding steroid dienone is 1. The van der Waals surface area contributed by atoms with Crippen LogP contribution >= 0.6 is 11.6 Å². The highest BCUT2D eigenvalue weighted by Crippen LogP contribution is 2.18. The Labute approximate surface area is 119 Å². The minimum Gasteiger partial charge on any atom is -0.388 e. The van der Waals surface area contributed by atoms with E-state index in [2.05, 4.69) is 6.08 Å². The first kappa shape index (κ1) is 13.9. The standard InChI is InChI=1S/C17H17ClO/c18-16-12-10-14(11-13-16)6-4-5-9-17(19)15-7-2-1-3-8-15/h1-4,6-8,10-13,17,19H,5,9H2/b6-4+. The van der Waals surface area contributed by atoms with Gasteiger partial charge in [-0.1, -0.05) is 66.2 Å². The quantitative estimate of drug-likeness (QED) is 0.823. The first-order chi connectivity index (χ1) is 9.25. The Balaban J connectivity index is 1.82. The van der Waals surface area contributed by atoms with Crippen molar-refractivity contribution >= 4 is 17.7 Å². The average molecular weight is 273 g/mol. The Bertz CT molecular complexity index is 517. The monoisotopic (exact) mass is 272 g/mol. The van der Waals surface area contributed by atoms with E-state index in [1.165, 1.54) is 0 Å². The molecule has 19 heavy (non-hydrogen) atoms. The highest BCUT2D eigenvalue weighted by Gasteiger charge is 2.04. The molecule has 0 fully saturated rings. The summed E-state index contributed by atoms with van der Waals surface area (Å²) in [7, 11) is 0. The van der Waals surface area contributed by atoms with Crippen molar-refractivity contribution in [2.24, 2.45) is 0 Å². The summed E-state index contributed by atoms with van der Waals surface area (Å²) in [5.74, 6) is 0. The minimum atomic E-state index is -0.393. The molecule has 1 nitrogen and oxygen atoms in total. The van der Waals surface area contributed by atoms with Crippen LogP contribution < -0.4 is 0 Å². The number of halogens is 1. The van der Waals surface area contributed by atoms with Crippen molar-refractivity contribution in [2.75, 3.05) is 0 Å². The Morgan fingerprint density at radius 2 is 1.68 bits per heavy atom. The van der Waals surface area contributed by atoms with E-state index in [9.17, 15) is 5.11 Å². The van der Waals surface area contributed by atoms with Gasteiger partial charge in [-0.15, -0.1) is 0 Å². The average Bonchev–Trinajstić information content (AvgIpc) is 2.46. The van der Waals surface area contributed by atoms with Crippen LogP contribution in [0.3, 0.4) is 0 Å². The molecule has 2 aromatic rings. The molecule has 1 unspecified atom stereocenters. The molecule has 1 N–H and O–H groups in total. The van der Waals surface area contributed by atoms with Crippen LogP contribution in [-0.4, -0.2) is 5.11 Å². The van der Waals surface area contributed by atoms with E-state index in [0.29, 0.717) is 0 Å². The fraction of sp³-hybridized carbons (Fsp3) is 0.176. The molecule has 0 radical (unpaired) electrons. The number of aliphatic hydroxyl groups excluding tert-OH is 1. The topological polar surface area (TPSA) is 20.2 Å². The fourth-order valence-corrected chi connectivity index (χ4v) is 2.02. The molecule has 98 valence electrons. The molecule has 0 saturated carbocycles. The van der Waals surface area contributed by atoms with Crippen LogP contribution in [0.2, 0.25) is 5.02 Å². The minimum absolute atomic E-state index is 0.393. The predicted octanol–water partition coefficient (Wildman–Crippen LogP) is 4.87. The first-order valence-corrected chi connectivity index (χ1v) is 6.78. The molecule has 0 heterocycles. The zero-order valence-corrected chi connectivity index (χ0v) is 11.4. The van der Waals surface area contributed by atoms with Gasteiger partial charge in [0, 0.05) is 5.02 Å². The smallest absolute Gasteiger partial charge is 0.0793 e. The predicted molar refractivity (Wildman–Crippen MR) is 81.1 cm³/mol. The lowest BCUT2D eigenvalue weighted by molar-refractivity contribution is 0.169. The van der Waals surface area contributed by atoms with E-state index >= 15 is 0 Å². The second kappa shape index (κ2) is 7.13. The van der Waals surface area contributed by atoms with Crippen LogP contribution in [-0.2, 0) is 0 Å². The van der Waals surface area contributed by atoms with Gasteiger partial charge in [0.05, 0.1) is 6.10 Å². The third-order valence-electron chi connectivity index (χ3n) is 2.97. The Morgan fingerprint density at radius 1 is 1.00 bits per heavy atom. The number of benzene rings is 2. The maximum atomic E-state index is 10.0. The van der Waals surface area contributed by atoms with Crippen LogP contribution in [0.5, 0.6) is 0 Å². The molecule has 0 amide bonds. The maximum Gasteiger partial charge on any atom is 0.0793 e. The highest BCUT2D eigenvalue weighted by molar-refractivity contribution is 6.30. The van der Waals surface area contributed by atoms with E-state index in [4.69, 9.17) is 11.6 Å². The van der Waals surface area contributed by atoms with Gasteiger partial charge in [0.25, 0.3) is 0 Å². The molecule has 0 aliphatic heterocycles. The van der Waals surface area contributed by atoms with Gasteiger partial charge in [-0.05, 0) is 36.1 Å². The summed E-state index contributed by atoms with van der Waals surface area (Å²) < 4.78 is 0. The fourth-order valence-electron chi connectivity index (χ4n) is 1.89. The lowest BCUT2D eigenvalue weighted by Gasteiger charge is -2.08. The summed E-state index contributed by atoms with van der Waals surface area (Å²) in [6, 6.07) is 17.5. The van der Waals surface area contributed by atoms with Crippen molar-refractivity contribution in [1.82, 2.24) is 0 Å². The molecule has 0 saturated heterocycles. The number of rotatable bonds is 5. The molecule has 0 spiro atoms. The van der Waals surface area contributed by atoms with Crippen molar-refractivity contribution in [3.8, 4) is 0 Å². The molecule has 1 atom stereocenters. The first-order valence-electron chi connectivity index (χ1n) is 6.41. The number of aliphatic hydroxyl groups is 1.